The van der Waals surface area contributed by atoms with Crippen molar-refractivity contribution in [1.29, 1.82) is 0 Å². The molecular formula is C16H27N3O. The fraction of sp³-hybridized carbons (Fsp3) is 0.625. The number of hydrogen-bond acceptors (Lipinski definition) is 4. The number of nitrogens with one attached hydrogen (secondary N) is 1. The molecule has 1 aliphatic rings. The van der Waals surface area contributed by atoms with E-state index in [0.717, 1.165) is 26.2 Å². The van der Waals surface area contributed by atoms with Gasteiger partial charge in [0, 0.05) is 13.1 Å². The Bertz CT molecular complexity index is 413. The average molecular weight is 277 g/mol. The van der Waals surface area contributed by atoms with Crippen LogP contribution in [0.4, 0.5) is 0 Å². The summed E-state index contributed by atoms with van der Waals surface area (Å²) in [5, 5.41) is 0. The second-order valence-electron chi connectivity index (χ2n) is 5.78. The second kappa shape index (κ2) is 7.18. The SMILES string of the molecule is CCCN1CCOC(C(NN)c2cc(C)cc(C)c2)C1. The number of hydrazine groups is 1. The Morgan fingerprint density at radius 2 is 2.05 bits per heavy atom. The first kappa shape index (κ1) is 15.4. The number of ether oxygens (including phenoxy) is 1. The molecule has 0 radical (unpaired) electrons. The third-order valence-electron chi connectivity index (χ3n) is 3.87. The molecule has 1 saturated heterocycles. The lowest BCUT2D eigenvalue weighted by molar-refractivity contribution is -0.0471. The summed E-state index contributed by atoms with van der Waals surface area (Å²) in [6, 6.07) is 6.62. The first-order valence-electron chi connectivity index (χ1n) is 7.52. The van der Waals surface area contributed by atoms with Crippen LogP contribution in [0.3, 0.4) is 0 Å². The normalized spacial score (nSPS) is 21.9. The van der Waals surface area contributed by atoms with Crippen LogP contribution in [0.2, 0.25) is 0 Å². The average Bonchev–Trinajstić information content (AvgIpc) is 2.39. The van der Waals surface area contributed by atoms with E-state index in [2.05, 4.69) is 49.3 Å². The Kier molecular flexibility index (Phi) is 5.54. The van der Waals surface area contributed by atoms with E-state index < -0.39 is 0 Å². The summed E-state index contributed by atoms with van der Waals surface area (Å²) in [7, 11) is 0. The van der Waals surface area contributed by atoms with Crippen molar-refractivity contribution < 1.29 is 4.74 Å². The van der Waals surface area contributed by atoms with E-state index in [4.69, 9.17) is 10.6 Å². The number of hydrogen-bond donors (Lipinski definition) is 2. The number of rotatable bonds is 5. The molecular weight excluding hydrogens is 250 g/mol. The Hall–Kier alpha value is -0.940. The molecule has 0 bridgehead atoms. The van der Waals surface area contributed by atoms with E-state index in [1.54, 1.807) is 0 Å². The smallest absolute Gasteiger partial charge is 0.0909 e. The highest BCUT2D eigenvalue weighted by atomic mass is 16.5. The topological polar surface area (TPSA) is 50.5 Å². The second-order valence-corrected chi connectivity index (χ2v) is 5.78. The van der Waals surface area contributed by atoms with Crippen LogP contribution in [-0.2, 0) is 4.74 Å². The van der Waals surface area contributed by atoms with E-state index in [9.17, 15) is 0 Å². The van der Waals surface area contributed by atoms with Gasteiger partial charge in [0.05, 0.1) is 18.8 Å². The van der Waals surface area contributed by atoms with Crippen LogP contribution in [0, 0.1) is 13.8 Å². The quantitative estimate of drug-likeness (QED) is 0.638. The molecule has 1 aromatic carbocycles. The fourth-order valence-electron chi connectivity index (χ4n) is 3.06. The number of benzene rings is 1. The lowest BCUT2D eigenvalue weighted by Gasteiger charge is -2.37. The fourth-order valence-corrected chi connectivity index (χ4v) is 3.06. The van der Waals surface area contributed by atoms with Crippen LogP contribution >= 0.6 is 0 Å². The highest BCUT2D eigenvalue weighted by Crippen LogP contribution is 2.24. The summed E-state index contributed by atoms with van der Waals surface area (Å²) < 4.78 is 5.96. The van der Waals surface area contributed by atoms with Gasteiger partial charge in [-0.25, -0.2) is 0 Å². The zero-order valence-corrected chi connectivity index (χ0v) is 12.9. The van der Waals surface area contributed by atoms with Crippen LogP contribution < -0.4 is 11.3 Å². The molecule has 0 spiro atoms. The van der Waals surface area contributed by atoms with Gasteiger partial charge >= 0.3 is 0 Å². The Morgan fingerprint density at radius 1 is 1.35 bits per heavy atom. The molecule has 1 aliphatic heterocycles. The molecule has 4 nitrogen and oxygen atoms in total. The van der Waals surface area contributed by atoms with E-state index in [-0.39, 0.29) is 12.1 Å². The van der Waals surface area contributed by atoms with Crippen LogP contribution in [0.5, 0.6) is 0 Å². The summed E-state index contributed by atoms with van der Waals surface area (Å²) in [6.45, 7) is 10.3. The highest BCUT2D eigenvalue weighted by Gasteiger charge is 2.28. The minimum atomic E-state index is 0.0493. The Morgan fingerprint density at radius 3 is 2.65 bits per heavy atom. The highest BCUT2D eigenvalue weighted by molar-refractivity contribution is 5.31. The molecule has 0 aliphatic carbocycles. The zero-order valence-electron chi connectivity index (χ0n) is 12.9. The lowest BCUT2D eigenvalue weighted by Crippen LogP contribution is -2.49. The summed E-state index contributed by atoms with van der Waals surface area (Å²) in [4.78, 5) is 2.46. The van der Waals surface area contributed by atoms with Crippen molar-refractivity contribution in [3.8, 4) is 0 Å². The third kappa shape index (κ3) is 3.79. The van der Waals surface area contributed by atoms with E-state index in [0.29, 0.717) is 0 Å². The van der Waals surface area contributed by atoms with E-state index >= 15 is 0 Å². The van der Waals surface area contributed by atoms with Crippen LogP contribution in [-0.4, -0.2) is 37.2 Å². The molecule has 2 rings (SSSR count). The predicted octanol–water partition coefficient (Wildman–Crippen LogP) is 1.92. The number of aryl methyl sites for hydroxylation is 2. The molecule has 0 aromatic heterocycles. The van der Waals surface area contributed by atoms with Gasteiger partial charge in [0.1, 0.15) is 0 Å². The molecule has 20 heavy (non-hydrogen) atoms. The van der Waals surface area contributed by atoms with Gasteiger partial charge < -0.3 is 4.74 Å². The number of nitrogens with zero attached hydrogens (tertiary/aromatic N) is 1. The maximum absolute atomic E-state index is 5.96. The van der Waals surface area contributed by atoms with Gasteiger partial charge in [-0.3, -0.25) is 16.2 Å². The summed E-state index contributed by atoms with van der Waals surface area (Å²) in [5.74, 6) is 5.81. The minimum absolute atomic E-state index is 0.0493. The van der Waals surface area contributed by atoms with Gasteiger partial charge in [-0.2, -0.15) is 0 Å². The predicted molar refractivity (Wildman–Crippen MR) is 82.5 cm³/mol. The monoisotopic (exact) mass is 277 g/mol. The van der Waals surface area contributed by atoms with Gasteiger partial charge in [-0.05, 0) is 32.4 Å². The molecule has 4 heteroatoms. The van der Waals surface area contributed by atoms with Gasteiger partial charge in [-0.1, -0.05) is 36.2 Å². The Balaban J connectivity index is 2.14. The van der Waals surface area contributed by atoms with Crippen molar-refractivity contribution in [3.05, 3.63) is 34.9 Å². The maximum Gasteiger partial charge on any atom is 0.0909 e. The first-order valence-corrected chi connectivity index (χ1v) is 7.52. The van der Waals surface area contributed by atoms with E-state index in [1.807, 2.05) is 0 Å². The van der Waals surface area contributed by atoms with Gasteiger partial charge in [-0.15, -0.1) is 0 Å². The largest absolute Gasteiger partial charge is 0.374 e. The molecule has 0 amide bonds. The first-order chi connectivity index (χ1) is 9.63. The van der Waals surface area contributed by atoms with Crippen molar-refractivity contribution in [2.75, 3.05) is 26.2 Å². The molecule has 1 fully saturated rings. The summed E-state index contributed by atoms with van der Waals surface area (Å²) in [6.07, 6.45) is 1.29. The molecule has 2 atom stereocenters. The van der Waals surface area contributed by atoms with Gasteiger partial charge in [0.15, 0.2) is 0 Å². The third-order valence-corrected chi connectivity index (χ3v) is 3.87. The molecule has 112 valence electrons. The molecule has 1 aromatic rings. The summed E-state index contributed by atoms with van der Waals surface area (Å²) >= 11 is 0. The van der Waals surface area contributed by atoms with Crippen molar-refractivity contribution in [3.63, 3.8) is 0 Å². The number of morpholine rings is 1. The van der Waals surface area contributed by atoms with Crippen molar-refractivity contribution in [1.82, 2.24) is 10.3 Å². The molecule has 1 heterocycles. The van der Waals surface area contributed by atoms with Crippen LogP contribution in [0.1, 0.15) is 36.1 Å². The molecule has 3 N–H and O–H groups in total. The van der Waals surface area contributed by atoms with Gasteiger partial charge in [0.25, 0.3) is 0 Å². The number of nitrogens with two attached hydrogens (primary N) is 1. The maximum atomic E-state index is 5.96. The van der Waals surface area contributed by atoms with Crippen molar-refractivity contribution in [2.45, 2.75) is 39.3 Å². The van der Waals surface area contributed by atoms with Crippen molar-refractivity contribution in [2.24, 2.45) is 5.84 Å². The van der Waals surface area contributed by atoms with Crippen LogP contribution in [0.25, 0.3) is 0 Å². The standard InChI is InChI=1S/C16H27N3O/c1-4-5-19-6-7-20-15(11-19)16(18-17)14-9-12(2)8-13(3)10-14/h8-10,15-16,18H,4-7,11,17H2,1-3H3. The lowest BCUT2D eigenvalue weighted by atomic mass is 9.97. The molecule has 0 saturated carbocycles. The zero-order chi connectivity index (χ0) is 14.5. The minimum Gasteiger partial charge on any atom is -0.374 e. The Labute approximate surface area is 122 Å². The van der Waals surface area contributed by atoms with Gasteiger partial charge in [0.2, 0.25) is 0 Å². The summed E-state index contributed by atoms with van der Waals surface area (Å²) in [5.41, 5.74) is 6.70. The van der Waals surface area contributed by atoms with Crippen LogP contribution in [0.15, 0.2) is 18.2 Å². The molecule has 2 unspecified atom stereocenters. The van der Waals surface area contributed by atoms with E-state index in [1.165, 1.54) is 23.1 Å². The van der Waals surface area contributed by atoms with Crippen molar-refractivity contribution >= 4 is 0 Å².